The van der Waals surface area contributed by atoms with Crippen LogP contribution in [-0.2, 0) is 14.3 Å². The van der Waals surface area contributed by atoms with Crippen LogP contribution in [0.5, 0.6) is 0 Å². The highest BCUT2D eigenvalue weighted by Crippen LogP contribution is 2.24. The SMILES string of the molecule is CCC(=O)N1CSC[C@@H]1C(=O)Nc1cccc(N2CCOCC2)c1. The lowest BCUT2D eigenvalue weighted by molar-refractivity contribution is -0.135. The van der Waals surface area contributed by atoms with Gasteiger partial charge in [0.05, 0.1) is 19.1 Å². The van der Waals surface area contributed by atoms with Crippen molar-refractivity contribution in [1.29, 1.82) is 0 Å². The molecular formula is C17H23N3O3S. The van der Waals surface area contributed by atoms with E-state index in [0.29, 0.717) is 18.1 Å². The Kier molecular flexibility index (Phi) is 5.63. The van der Waals surface area contributed by atoms with E-state index < -0.39 is 0 Å². The molecule has 2 heterocycles. The second-order valence-electron chi connectivity index (χ2n) is 5.87. The van der Waals surface area contributed by atoms with E-state index in [0.717, 1.165) is 37.7 Å². The van der Waals surface area contributed by atoms with Crippen molar-refractivity contribution in [1.82, 2.24) is 4.90 Å². The van der Waals surface area contributed by atoms with E-state index in [2.05, 4.69) is 10.2 Å². The number of anilines is 2. The average molecular weight is 349 g/mol. The van der Waals surface area contributed by atoms with Gasteiger partial charge in [-0.25, -0.2) is 0 Å². The van der Waals surface area contributed by atoms with Gasteiger partial charge in [-0.15, -0.1) is 11.8 Å². The molecule has 2 fully saturated rings. The summed E-state index contributed by atoms with van der Waals surface area (Å²) in [5.41, 5.74) is 1.85. The Morgan fingerprint density at radius 3 is 2.88 bits per heavy atom. The number of morpholine rings is 1. The molecule has 1 atom stereocenters. The predicted octanol–water partition coefficient (Wildman–Crippen LogP) is 1.77. The Hall–Kier alpha value is -1.73. The Morgan fingerprint density at radius 2 is 2.12 bits per heavy atom. The molecule has 130 valence electrons. The topological polar surface area (TPSA) is 61.9 Å². The monoisotopic (exact) mass is 349 g/mol. The standard InChI is InChI=1S/C17H23N3O3S/c1-2-16(21)20-12-24-11-15(20)17(22)18-13-4-3-5-14(10-13)19-6-8-23-9-7-19/h3-5,10,15H,2,6-9,11-12H2,1H3,(H,18,22)/t15-/m1/s1. The minimum Gasteiger partial charge on any atom is -0.378 e. The fraction of sp³-hybridized carbons (Fsp3) is 0.529. The second kappa shape index (κ2) is 7.90. The smallest absolute Gasteiger partial charge is 0.248 e. The van der Waals surface area contributed by atoms with Gasteiger partial charge in [0.25, 0.3) is 0 Å². The van der Waals surface area contributed by atoms with Crippen molar-refractivity contribution in [3.63, 3.8) is 0 Å². The number of thioether (sulfide) groups is 1. The highest BCUT2D eigenvalue weighted by molar-refractivity contribution is 7.99. The van der Waals surface area contributed by atoms with Gasteiger partial charge in [0.2, 0.25) is 11.8 Å². The Labute approximate surface area is 146 Å². The largest absolute Gasteiger partial charge is 0.378 e. The van der Waals surface area contributed by atoms with Crippen LogP contribution in [-0.4, -0.2) is 60.7 Å². The minimum absolute atomic E-state index is 0.0298. The quantitative estimate of drug-likeness (QED) is 0.898. The lowest BCUT2D eigenvalue weighted by atomic mass is 10.2. The van der Waals surface area contributed by atoms with E-state index >= 15 is 0 Å². The van der Waals surface area contributed by atoms with Crippen LogP contribution in [0.3, 0.4) is 0 Å². The van der Waals surface area contributed by atoms with Crippen molar-refractivity contribution < 1.29 is 14.3 Å². The zero-order valence-corrected chi connectivity index (χ0v) is 14.7. The van der Waals surface area contributed by atoms with Crippen molar-refractivity contribution in [3.05, 3.63) is 24.3 Å². The van der Waals surface area contributed by atoms with E-state index in [1.165, 1.54) is 0 Å². The molecule has 7 heteroatoms. The maximum atomic E-state index is 12.6. The molecule has 1 aromatic rings. The molecule has 2 saturated heterocycles. The number of nitrogens with zero attached hydrogens (tertiary/aromatic N) is 2. The molecule has 2 aliphatic heterocycles. The van der Waals surface area contributed by atoms with Gasteiger partial charge < -0.3 is 19.9 Å². The first-order valence-corrected chi connectivity index (χ1v) is 9.45. The second-order valence-corrected chi connectivity index (χ2v) is 6.87. The van der Waals surface area contributed by atoms with Gasteiger partial charge in [0.15, 0.2) is 0 Å². The van der Waals surface area contributed by atoms with Crippen LogP contribution in [0.2, 0.25) is 0 Å². The number of ether oxygens (including phenoxy) is 1. The molecule has 6 nitrogen and oxygen atoms in total. The normalized spacial score (nSPS) is 21.0. The maximum absolute atomic E-state index is 12.6. The van der Waals surface area contributed by atoms with Crippen LogP contribution >= 0.6 is 11.8 Å². The van der Waals surface area contributed by atoms with Gasteiger partial charge in [-0.3, -0.25) is 9.59 Å². The van der Waals surface area contributed by atoms with Gasteiger partial charge in [0, 0.05) is 36.6 Å². The van der Waals surface area contributed by atoms with Crippen molar-refractivity contribution >= 4 is 35.0 Å². The molecule has 1 N–H and O–H groups in total. The number of carbonyl (C=O) groups excluding carboxylic acids is 2. The number of nitrogens with one attached hydrogen (secondary N) is 1. The van der Waals surface area contributed by atoms with Crippen LogP contribution in [0.4, 0.5) is 11.4 Å². The zero-order valence-electron chi connectivity index (χ0n) is 13.9. The lowest BCUT2D eigenvalue weighted by Gasteiger charge is -2.29. The number of benzene rings is 1. The Morgan fingerprint density at radius 1 is 1.33 bits per heavy atom. The molecule has 0 spiro atoms. The summed E-state index contributed by atoms with van der Waals surface area (Å²) in [6.07, 6.45) is 0.427. The van der Waals surface area contributed by atoms with Crippen LogP contribution in [0.1, 0.15) is 13.3 Å². The highest BCUT2D eigenvalue weighted by Gasteiger charge is 2.33. The molecule has 2 aliphatic rings. The molecule has 3 rings (SSSR count). The minimum atomic E-state index is -0.380. The molecule has 0 saturated carbocycles. The third-order valence-electron chi connectivity index (χ3n) is 4.30. The zero-order chi connectivity index (χ0) is 16.9. The molecule has 24 heavy (non-hydrogen) atoms. The Bertz CT molecular complexity index is 604. The lowest BCUT2D eigenvalue weighted by Crippen LogP contribution is -2.44. The molecule has 0 aromatic heterocycles. The van der Waals surface area contributed by atoms with E-state index in [9.17, 15) is 9.59 Å². The summed E-state index contributed by atoms with van der Waals surface area (Å²) in [7, 11) is 0. The number of rotatable bonds is 4. The third kappa shape index (κ3) is 3.84. The van der Waals surface area contributed by atoms with Gasteiger partial charge in [-0.2, -0.15) is 0 Å². The molecule has 0 bridgehead atoms. The summed E-state index contributed by atoms with van der Waals surface area (Å²) < 4.78 is 5.38. The summed E-state index contributed by atoms with van der Waals surface area (Å²) >= 11 is 1.62. The van der Waals surface area contributed by atoms with Crippen molar-refractivity contribution in [2.75, 3.05) is 48.1 Å². The molecule has 0 aliphatic carbocycles. The average Bonchev–Trinajstić information content (AvgIpc) is 3.12. The van der Waals surface area contributed by atoms with E-state index in [1.54, 1.807) is 16.7 Å². The maximum Gasteiger partial charge on any atom is 0.248 e. The number of amides is 2. The third-order valence-corrected chi connectivity index (χ3v) is 5.31. The van der Waals surface area contributed by atoms with E-state index in [1.807, 2.05) is 31.2 Å². The number of hydrogen-bond donors (Lipinski definition) is 1. The summed E-state index contributed by atoms with van der Waals surface area (Å²) in [6, 6.07) is 7.47. The Balaban J connectivity index is 1.67. The van der Waals surface area contributed by atoms with Gasteiger partial charge in [-0.05, 0) is 18.2 Å². The highest BCUT2D eigenvalue weighted by atomic mass is 32.2. The molecule has 2 amide bonds. The first-order chi connectivity index (χ1) is 11.7. The molecular weight excluding hydrogens is 326 g/mol. The number of hydrogen-bond acceptors (Lipinski definition) is 5. The summed E-state index contributed by atoms with van der Waals surface area (Å²) in [5.74, 6) is 1.17. The summed E-state index contributed by atoms with van der Waals surface area (Å²) in [4.78, 5) is 28.5. The van der Waals surface area contributed by atoms with Gasteiger partial charge >= 0.3 is 0 Å². The van der Waals surface area contributed by atoms with E-state index in [4.69, 9.17) is 4.74 Å². The van der Waals surface area contributed by atoms with Crippen LogP contribution in [0, 0.1) is 0 Å². The molecule has 1 aromatic carbocycles. The van der Waals surface area contributed by atoms with Crippen LogP contribution in [0.15, 0.2) is 24.3 Å². The van der Waals surface area contributed by atoms with Gasteiger partial charge in [0.1, 0.15) is 6.04 Å². The molecule has 0 unspecified atom stereocenters. The number of carbonyl (C=O) groups is 2. The van der Waals surface area contributed by atoms with Crippen molar-refractivity contribution in [2.45, 2.75) is 19.4 Å². The van der Waals surface area contributed by atoms with Crippen LogP contribution in [0.25, 0.3) is 0 Å². The predicted molar refractivity (Wildman–Crippen MR) is 96.4 cm³/mol. The fourth-order valence-electron chi connectivity index (χ4n) is 2.94. The first kappa shape index (κ1) is 17.1. The van der Waals surface area contributed by atoms with Crippen molar-refractivity contribution in [2.24, 2.45) is 0 Å². The fourth-order valence-corrected chi connectivity index (χ4v) is 4.12. The molecule has 0 radical (unpaired) electrons. The first-order valence-electron chi connectivity index (χ1n) is 8.30. The van der Waals surface area contributed by atoms with E-state index in [-0.39, 0.29) is 17.9 Å². The van der Waals surface area contributed by atoms with Crippen molar-refractivity contribution in [3.8, 4) is 0 Å². The van der Waals surface area contributed by atoms with Gasteiger partial charge in [-0.1, -0.05) is 13.0 Å². The summed E-state index contributed by atoms with van der Waals surface area (Å²) in [5, 5.41) is 2.97. The van der Waals surface area contributed by atoms with Crippen LogP contribution < -0.4 is 10.2 Å². The summed E-state index contributed by atoms with van der Waals surface area (Å²) in [6.45, 7) is 4.99.